The molecule has 208 valence electrons. The molecule has 0 amide bonds. The second-order valence-corrected chi connectivity index (χ2v) is 11.6. The maximum atomic E-state index is 14.1. The number of fused-ring (bicyclic) bond motifs is 1. The van der Waals surface area contributed by atoms with Crippen LogP contribution in [0.4, 0.5) is 8.78 Å². The van der Waals surface area contributed by atoms with Gasteiger partial charge >= 0.3 is 0 Å². The molecule has 4 aromatic rings. The Morgan fingerprint density at radius 1 is 0.950 bits per heavy atom. The van der Waals surface area contributed by atoms with E-state index in [0.29, 0.717) is 10.0 Å². The zero-order valence-corrected chi connectivity index (χ0v) is 23.4. The quantitative estimate of drug-likeness (QED) is 0.247. The van der Waals surface area contributed by atoms with Crippen molar-refractivity contribution in [1.82, 2.24) is 15.0 Å². The second kappa shape index (κ2) is 11.5. The molecule has 6 atom stereocenters. The third-order valence-corrected chi connectivity index (χ3v) is 8.89. The molecule has 13 heteroatoms. The van der Waals surface area contributed by atoms with Crippen molar-refractivity contribution in [3.05, 3.63) is 99.1 Å². The Morgan fingerprint density at radius 2 is 1.70 bits per heavy atom. The van der Waals surface area contributed by atoms with E-state index in [4.69, 9.17) is 49.0 Å². The normalized spacial score (nSPS) is 26.4. The summed E-state index contributed by atoms with van der Waals surface area (Å²) in [6.07, 6.45) is -1.64. The molecule has 3 heterocycles. The topological polar surface area (TPSA) is 78.6 Å². The number of nitrogens with zero attached hydrogens (tertiary/aromatic N) is 3. The standard InChI is InChI=1S/C27H20Cl3F2N3O4S/c28-16-7-6-15(10-17(16)29)40-27-24(36)23(25-21(38-27)12-37-26(39-25)13-4-2-1-3-5-13)35-11-20(33-34-35)14-8-18(31)22(30)19(32)9-14/h1-11,21,23-27,36H,12H2/t21?,23-,24?,25+,26?,27-/m1/s1. The number of aliphatic hydroxyl groups is 1. The Morgan fingerprint density at radius 3 is 2.42 bits per heavy atom. The van der Waals surface area contributed by atoms with Gasteiger partial charge in [-0.25, -0.2) is 13.5 Å². The number of thioether (sulfide) groups is 1. The number of ether oxygens (including phenoxy) is 3. The monoisotopic (exact) mass is 625 g/mol. The number of aliphatic hydroxyl groups excluding tert-OH is 1. The molecule has 0 aliphatic carbocycles. The largest absolute Gasteiger partial charge is 0.387 e. The van der Waals surface area contributed by atoms with Crippen LogP contribution in [-0.2, 0) is 14.2 Å². The Bertz CT molecular complexity index is 1510. The van der Waals surface area contributed by atoms with Gasteiger partial charge in [0.25, 0.3) is 0 Å². The first-order chi connectivity index (χ1) is 19.3. The Hall–Kier alpha value is -2.28. The van der Waals surface area contributed by atoms with E-state index in [2.05, 4.69) is 10.3 Å². The molecule has 6 rings (SSSR count). The van der Waals surface area contributed by atoms with E-state index in [1.807, 2.05) is 30.3 Å². The SMILES string of the molecule is OC1[C@@H](Sc2ccc(Cl)c(Cl)c2)OC2COC(c3ccccc3)O[C@@H]2[C@@H]1n1cc(-c2cc(F)c(Cl)c(F)c2)nn1. The van der Waals surface area contributed by atoms with Crippen molar-refractivity contribution in [2.75, 3.05) is 6.61 Å². The number of hydrogen-bond acceptors (Lipinski definition) is 7. The van der Waals surface area contributed by atoms with Crippen LogP contribution < -0.4 is 0 Å². The summed E-state index contributed by atoms with van der Waals surface area (Å²) in [6.45, 7) is 0.182. The molecule has 0 spiro atoms. The maximum Gasteiger partial charge on any atom is 0.184 e. The van der Waals surface area contributed by atoms with E-state index < -0.39 is 52.7 Å². The van der Waals surface area contributed by atoms with Gasteiger partial charge in [0.1, 0.15) is 52.1 Å². The second-order valence-electron chi connectivity index (χ2n) is 9.23. The Kier molecular flexibility index (Phi) is 8.04. The molecular weight excluding hydrogens is 607 g/mol. The van der Waals surface area contributed by atoms with Crippen LogP contribution in [0.1, 0.15) is 17.9 Å². The maximum absolute atomic E-state index is 14.1. The van der Waals surface area contributed by atoms with Gasteiger partial charge in [0, 0.05) is 16.0 Å². The van der Waals surface area contributed by atoms with Gasteiger partial charge in [0.2, 0.25) is 0 Å². The number of benzene rings is 3. The van der Waals surface area contributed by atoms with Crippen molar-refractivity contribution < 1.29 is 28.1 Å². The van der Waals surface area contributed by atoms with Crippen LogP contribution in [0.2, 0.25) is 15.1 Å². The fourth-order valence-corrected chi connectivity index (χ4v) is 6.28. The summed E-state index contributed by atoms with van der Waals surface area (Å²) in [7, 11) is 0. The van der Waals surface area contributed by atoms with Gasteiger partial charge in [0.05, 0.1) is 22.8 Å². The van der Waals surface area contributed by atoms with Gasteiger partial charge in [-0.3, -0.25) is 0 Å². The molecule has 1 N–H and O–H groups in total. The molecule has 1 aromatic heterocycles. The molecule has 0 radical (unpaired) electrons. The van der Waals surface area contributed by atoms with E-state index in [0.717, 1.165) is 22.6 Å². The molecule has 40 heavy (non-hydrogen) atoms. The van der Waals surface area contributed by atoms with Crippen LogP contribution in [0.15, 0.2) is 71.8 Å². The fourth-order valence-electron chi connectivity index (χ4n) is 4.70. The highest BCUT2D eigenvalue weighted by atomic mass is 35.5. The molecule has 3 aromatic carbocycles. The number of hydrogen-bond donors (Lipinski definition) is 1. The summed E-state index contributed by atoms with van der Waals surface area (Å²) in [5.41, 5.74) is 0.348. The Balaban J connectivity index is 1.34. The highest BCUT2D eigenvalue weighted by Crippen LogP contribution is 2.44. The summed E-state index contributed by atoms with van der Waals surface area (Å²) in [5, 5.41) is 20.1. The fraction of sp³-hybridized carbons (Fsp3) is 0.259. The highest BCUT2D eigenvalue weighted by Gasteiger charge is 2.51. The van der Waals surface area contributed by atoms with Crippen molar-refractivity contribution in [1.29, 1.82) is 0 Å². The summed E-state index contributed by atoms with van der Waals surface area (Å²) < 4.78 is 48.3. The lowest BCUT2D eigenvalue weighted by Gasteiger charge is -2.47. The number of aromatic nitrogens is 3. The molecule has 2 saturated heterocycles. The van der Waals surface area contributed by atoms with Gasteiger partial charge in [-0.15, -0.1) is 5.10 Å². The molecule has 0 saturated carbocycles. The van der Waals surface area contributed by atoms with Crippen LogP contribution in [0.3, 0.4) is 0 Å². The average molecular weight is 627 g/mol. The average Bonchev–Trinajstić information content (AvgIpc) is 3.44. The summed E-state index contributed by atoms with van der Waals surface area (Å²) in [5.74, 6) is -1.84. The zero-order chi connectivity index (χ0) is 28.0. The summed E-state index contributed by atoms with van der Waals surface area (Å²) in [4.78, 5) is 0.724. The molecule has 2 aliphatic rings. The lowest BCUT2D eigenvalue weighted by Crippen LogP contribution is -2.58. The Labute approximate surface area is 246 Å². The highest BCUT2D eigenvalue weighted by molar-refractivity contribution is 7.99. The van der Waals surface area contributed by atoms with Gasteiger partial charge in [0.15, 0.2) is 6.29 Å². The molecule has 3 unspecified atom stereocenters. The predicted molar refractivity (Wildman–Crippen MR) is 146 cm³/mol. The van der Waals surface area contributed by atoms with Gasteiger partial charge in [-0.05, 0) is 30.3 Å². The number of rotatable bonds is 5. The van der Waals surface area contributed by atoms with Crippen LogP contribution in [0, 0.1) is 11.6 Å². The minimum atomic E-state index is -1.15. The first-order valence-electron chi connectivity index (χ1n) is 12.1. The first kappa shape index (κ1) is 27.9. The van der Waals surface area contributed by atoms with Crippen molar-refractivity contribution >= 4 is 46.6 Å². The molecule has 2 aliphatic heterocycles. The molecule has 0 bridgehead atoms. The van der Waals surface area contributed by atoms with Crippen molar-refractivity contribution in [3.8, 4) is 11.3 Å². The van der Waals surface area contributed by atoms with Crippen LogP contribution in [0.5, 0.6) is 0 Å². The van der Waals surface area contributed by atoms with Gasteiger partial charge in [-0.2, -0.15) is 0 Å². The van der Waals surface area contributed by atoms with Crippen LogP contribution in [-0.4, -0.2) is 50.5 Å². The minimum absolute atomic E-state index is 0.139. The van der Waals surface area contributed by atoms with Crippen LogP contribution >= 0.6 is 46.6 Å². The van der Waals surface area contributed by atoms with Crippen molar-refractivity contribution in [3.63, 3.8) is 0 Å². The van der Waals surface area contributed by atoms with Gasteiger partial charge in [-0.1, -0.05) is 82.1 Å². The van der Waals surface area contributed by atoms with Crippen molar-refractivity contribution in [2.45, 2.75) is 41.0 Å². The first-order valence-corrected chi connectivity index (χ1v) is 14.1. The van der Waals surface area contributed by atoms with Crippen LogP contribution in [0.25, 0.3) is 11.3 Å². The lowest BCUT2D eigenvalue weighted by molar-refractivity contribution is -0.306. The summed E-state index contributed by atoms with van der Waals surface area (Å²) in [6, 6.07) is 15.8. The lowest BCUT2D eigenvalue weighted by atomic mass is 9.96. The zero-order valence-electron chi connectivity index (χ0n) is 20.3. The molecule has 2 fully saturated rings. The van der Waals surface area contributed by atoms with E-state index >= 15 is 0 Å². The minimum Gasteiger partial charge on any atom is -0.387 e. The van der Waals surface area contributed by atoms with E-state index in [1.165, 1.54) is 22.6 Å². The third kappa shape index (κ3) is 5.47. The smallest absolute Gasteiger partial charge is 0.184 e. The predicted octanol–water partition coefficient (Wildman–Crippen LogP) is 6.72. The summed E-state index contributed by atoms with van der Waals surface area (Å²) >= 11 is 19.2. The van der Waals surface area contributed by atoms with E-state index in [-0.39, 0.29) is 17.9 Å². The van der Waals surface area contributed by atoms with E-state index in [9.17, 15) is 13.9 Å². The third-order valence-electron chi connectivity index (χ3n) is 6.64. The van der Waals surface area contributed by atoms with Crippen molar-refractivity contribution in [2.24, 2.45) is 0 Å². The van der Waals surface area contributed by atoms with E-state index in [1.54, 1.807) is 18.2 Å². The number of halogens is 5. The molecule has 7 nitrogen and oxygen atoms in total. The van der Waals surface area contributed by atoms with Gasteiger partial charge < -0.3 is 19.3 Å². The molecular formula is C27H20Cl3F2N3O4S.